The Morgan fingerprint density at radius 1 is 0.933 bits per heavy atom. The molecule has 0 saturated heterocycles. The van der Waals surface area contributed by atoms with Crippen molar-refractivity contribution in [2.45, 2.75) is 27.7 Å². The van der Waals surface area contributed by atoms with Gasteiger partial charge in [-0.3, -0.25) is 30.3 Å². The zero-order valence-corrected chi connectivity index (χ0v) is 17.5. The summed E-state index contributed by atoms with van der Waals surface area (Å²) < 4.78 is 0. The number of anilines is 1. The molecule has 0 bridgehead atoms. The minimum atomic E-state index is -0.781. The van der Waals surface area contributed by atoms with E-state index in [0.29, 0.717) is 10.8 Å². The van der Waals surface area contributed by atoms with Crippen molar-refractivity contribution in [2.24, 2.45) is 0 Å². The fraction of sp³-hybridized carbons (Fsp3) is 0.200. The van der Waals surface area contributed by atoms with E-state index in [1.165, 1.54) is 11.3 Å². The van der Waals surface area contributed by atoms with Gasteiger partial charge in [-0.2, -0.15) is 0 Å². The second-order valence-electron chi connectivity index (χ2n) is 6.88. The third-order valence-electron chi connectivity index (χ3n) is 4.93. The maximum Gasteiger partial charge on any atom is 0.277 e. The molecule has 1 N–H and O–H groups in total. The molecule has 0 radical (unpaired) electrons. The number of hydrogen-bond acceptors (Lipinski definition) is 7. The number of nitrogens with one attached hydrogen (secondary N) is 1. The second kappa shape index (κ2) is 7.99. The first-order chi connectivity index (χ1) is 14.1. The summed E-state index contributed by atoms with van der Waals surface area (Å²) in [6.07, 6.45) is 0. The summed E-state index contributed by atoms with van der Waals surface area (Å²) in [5.74, 6) is -0.712. The molecule has 0 unspecified atom stereocenters. The Bertz CT molecular complexity index is 1140. The monoisotopic (exact) mass is 426 g/mol. The Morgan fingerprint density at radius 3 is 1.97 bits per heavy atom. The van der Waals surface area contributed by atoms with Gasteiger partial charge in [0.2, 0.25) is 0 Å². The molecule has 9 nitrogen and oxygen atoms in total. The SMILES string of the molecule is Cc1cc(C)c(C)c(-c2csc(NC(=O)c3cc([N+](=O)[O-])cc([N+](=O)[O-])c3)n2)c1C. The lowest BCUT2D eigenvalue weighted by molar-refractivity contribution is -0.394. The fourth-order valence-electron chi connectivity index (χ4n) is 3.15. The first-order valence-electron chi connectivity index (χ1n) is 8.87. The molecule has 0 atom stereocenters. The number of thiazole rings is 1. The number of carbonyl (C=O) groups is 1. The van der Waals surface area contributed by atoms with Gasteiger partial charge in [0.15, 0.2) is 5.13 Å². The second-order valence-corrected chi connectivity index (χ2v) is 7.74. The van der Waals surface area contributed by atoms with Gasteiger partial charge in [0.25, 0.3) is 17.3 Å². The summed E-state index contributed by atoms with van der Waals surface area (Å²) in [7, 11) is 0. The summed E-state index contributed by atoms with van der Waals surface area (Å²) in [5.41, 5.74) is 4.91. The molecule has 1 amide bonds. The molecule has 0 spiro atoms. The van der Waals surface area contributed by atoms with E-state index < -0.39 is 27.1 Å². The third kappa shape index (κ3) is 4.03. The summed E-state index contributed by atoms with van der Waals surface area (Å²) in [4.78, 5) is 37.5. The number of nitrogens with zero attached hydrogens (tertiary/aromatic N) is 3. The van der Waals surface area contributed by atoms with E-state index in [0.717, 1.165) is 46.0 Å². The number of benzene rings is 2. The number of amides is 1. The van der Waals surface area contributed by atoms with E-state index in [4.69, 9.17) is 0 Å². The van der Waals surface area contributed by atoms with Crippen LogP contribution < -0.4 is 5.32 Å². The Morgan fingerprint density at radius 2 is 1.47 bits per heavy atom. The van der Waals surface area contributed by atoms with Crippen LogP contribution in [0.1, 0.15) is 32.6 Å². The van der Waals surface area contributed by atoms with Gasteiger partial charge in [0.1, 0.15) is 0 Å². The average molecular weight is 426 g/mol. The highest BCUT2D eigenvalue weighted by Gasteiger charge is 2.21. The number of rotatable bonds is 5. The van der Waals surface area contributed by atoms with Gasteiger partial charge in [-0.05, 0) is 49.9 Å². The first kappa shape index (κ1) is 21.1. The molecule has 0 aliphatic carbocycles. The fourth-order valence-corrected chi connectivity index (χ4v) is 3.85. The summed E-state index contributed by atoms with van der Waals surface area (Å²) >= 11 is 1.21. The van der Waals surface area contributed by atoms with E-state index >= 15 is 0 Å². The van der Waals surface area contributed by atoms with E-state index in [1.807, 2.05) is 33.1 Å². The molecule has 154 valence electrons. The average Bonchev–Trinajstić information content (AvgIpc) is 3.14. The first-order valence-corrected chi connectivity index (χ1v) is 9.75. The molecule has 3 rings (SSSR count). The van der Waals surface area contributed by atoms with Crippen molar-refractivity contribution in [3.05, 3.63) is 77.7 Å². The molecule has 0 fully saturated rings. The normalized spacial score (nSPS) is 10.7. The van der Waals surface area contributed by atoms with Crippen LogP contribution in [-0.2, 0) is 0 Å². The zero-order valence-electron chi connectivity index (χ0n) is 16.7. The van der Waals surface area contributed by atoms with Crippen LogP contribution in [0.4, 0.5) is 16.5 Å². The van der Waals surface area contributed by atoms with Crippen molar-refractivity contribution in [3.63, 3.8) is 0 Å². The van der Waals surface area contributed by atoms with E-state index in [1.54, 1.807) is 0 Å². The van der Waals surface area contributed by atoms with E-state index in [9.17, 15) is 25.0 Å². The van der Waals surface area contributed by atoms with Gasteiger partial charge >= 0.3 is 0 Å². The molecule has 1 aromatic heterocycles. The van der Waals surface area contributed by atoms with Crippen LogP contribution in [0, 0.1) is 47.9 Å². The predicted molar refractivity (Wildman–Crippen MR) is 114 cm³/mol. The molecule has 2 aromatic carbocycles. The summed E-state index contributed by atoms with van der Waals surface area (Å²) in [5, 5.41) is 26.7. The quantitative estimate of drug-likeness (QED) is 0.446. The van der Waals surface area contributed by atoms with Crippen LogP contribution in [-0.4, -0.2) is 20.7 Å². The van der Waals surface area contributed by atoms with Gasteiger partial charge in [0, 0.05) is 23.1 Å². The number of aromatic nitrogens is 1. The van der Waals surface area contributed by atoms with Crippen molar-refractivity contribution < 1.29 is 14.6 Å². The molecule has 0 aliphatic rings. The highest BCUT2D eigenvalue weighted by Crippen LogP contribution is 2.33. The van der Waals surface area contributed by atoms with Crippen molar-refractivity contribution in [2.75, 3.05) is 5.32 Å². The Balaban J connectivity index is 1.93. The summed E-state index contributed by atoms with van der Waals surface area (Å²) in [6, 6.07) is 4.91. The number of non-ortho nitro benzene ring substituents is 2. The molecule has 3 aromatic rings. The third-order valence-corrected chi connectivity index (χ3v) is 5.69. The van der Waals surface area contributed by atoms with Gasteiger partial charge in [0.05, 0.1) is 27.2 Å². The van der Waals surface area contributed by atoms with Gasteiger partial charge in [-0.15, -0.1) is 11.3 Å². The van der Waals surface area contributed by atoms with Gasteiger partial charge < -0.3 is 0 Å². The van der Waals surface area contributed by atoms with E-state index in [-0.39, 0.29) is 5.56 Å². The molecule has 0 saturated carbocycles. The van der Waals surface area contributed by atoms with Crippen LogP contribution in [0.3, 0.4) is 0 Å². The smallest absolute Gasteiger partial charge is 0.277 e. The largest absolute Gasteiger partial charge is 0.298 e. The molecule has 0 aliphatic heterocycles. The van der Waals surface area contributed by atoms with Gasteiger partial charge in [-0.25, -0.2) is 4.98 Å². The maximum absolute atomic E-state index is 12.6. The minimum absolute atomic E-state index is 0.189. The lowest BCUT2D eigenvalue weighted by atomic mass is 9.93. The van der Waals surface area contributed by atoms with Crippen LogP contribution in [0.25, 0.3) is 11.3 Å². The lowest BCUT2D eigenvalue weighted by Gasteiger charge is -2.13. The number of carbonyl (C=O) groups excluding carboxylic acids is 1. The number of aryl methyl sites for hydroxylation is 2. The highest BCUT2D eigenvalue weighted by atomic mass is 32.1. The van der Waals surface area contributed by atoms with Crippen LogP contribution in [0.5, 0.6) is 0 Å². The van der Waals surface area contributed by atoms with Crippen molar-refractivity contribution in [1.82, 2.24) is 4.98 Å². The van der Waals surface area contributed by atoms with Crippen molar-refractivity contribution in [3.8, 4) is 11.3 Å². The standard InChI is InChI=1S/C20H18N4O5S/c1-10-5-11(2)13(4)18(12(10)3)17-9-30-20(21-17)22-19(25)14-6-15(23(26)27)8-16(7-14)24(28)29/h5-9H,1-4H3,(H,21,22,25). The van der Waals surface area contributed by atoms with Gasteiger partial charge in [-0.1, -0.05) is 6.07 Å². The minimum Gasteiger partial charge on any atom is -0.298 e. The van der Waals surface area contributed by atoms with Crippen LogP contribution >= 0.6 is 11.3 Å². The van der Waals surface area contributed by atoms with E-state index in [2.05, 4.69) is 16.4 Å². The maximum atomic E-state index is 12.6. The Labute approximate surface area is 175 Å². The number of nitro groups is 2. The topological polar surface area (TPSA) is 128 Å². The van der Waals surface area contributed by atoms with Crippen LogP contribution in [0.15, 0.2) is 29.6 Å². The van der Waals surface area contributed by atoms with Crippen LogP contribution in [0.2, 0.25) is 0 Å². The number of hydrogen-bond donors (Lipinski definition) is 1. The van der Waals surface area contributed by atoms with Crippen molar-refractivity contribution >= 4 is 33.8 Å². The molecular formula is C20H18N4O5S. The summed E-state index contributed by atoms with van der Waals surface area (Å²) in [6.45, 7) is 8.07. The Kier molecular flexibility index (Phi) is 5.61. The molecule has 10 heteroatoms. The highest BCUT2D eigenvalue weighted by molar-refractivity contribution is 7.14. The molecular weight excluding hydrogens is 408 g/mol. The molecule has 1 heterocycles. The Hall–Kier alpha value is -3.66. The number of nitro benzene ring substituents is 2. The lowest BCUT2D eigenvalue weighted by Crippen LogP contribution is -2.12. The zero-order chi connectivity index (χ0) is 22.2. The predicted octanol–water partition coefficient (Wildman–Crippen LogP) is 5.11. The van der Waals surface area contributed by atoms with Crippen molar-refractivity contribution in [1.29, 1.82) is 0 Å². The molecule has 30 heavy (non-hydrogen) atoms.